The maximum Gasteiger partial charge on any atom is 0.343 e. The Balaban J connectivity index is 3.72. The lowest BCUT2D eigenvalue weighted by atomic mass is 10.0. The van der Waals surface area contributed by atoms with Crippen molar-refractivity contribution in [3.05, 3.63) is 44.3 Å². The standard InChI is InChI=1S/C21H28F3N3O5/c1-5-8-10-26(11-9-6-2)25-12-14(21(29)32-7-3)20(28)15-16(22)13(4)17(23)18(24)19(15)27(30)31/h12,28H,5-11H2,1-4H3. The molecule has 0 heterocycles. The number of nitrogens with zero attached hydrogens (tertiary/aromatic N) is 3. The highest BCUT2D eigenvalue weighted by atomic mass is 19.2. The Morgan fingerprint density at radius 3 is 2.16 bits per heavy atom. The fourth-order valence-corrected chi connectivity index (χ4v) is 2.76. The highest BCUT2D eigenvalue weighted by Gasteiger charge is 2.35. The van der Waals surface area contributed by atoms with Crippen molar-refractivity contribution in [2.45, 2.75) is 53.4 Å². The first-order valence-corrected chi connectivity index (χ1v) is 10.3. The van der Waals surface area contributed by atoms with Crippen LogP contribution in [0.15, 0.2) is 10.7 Å². The molecular formula is C21H28F3N3O5. The summed E-state index contributed by atoms with van der Waals surface area (Å²) in [5, 5.41) is 27.7. The van der Waals surface area contributed by atoms with Gasteiger partial charge in [-0.25, -0.2) is 13.6 Å². The van der Waals surface area contributed by atoms with E-state index in [-0.39, 0.29) is 6.61 Å². The summed E-state index contributed by atoms with van der Waals surface area (Å²) in [6.07, 6.45) is 4.20. The SMILES string of the molecule is CCCCN(CCCC)N=CC(C(=O)OCC)=C(O)c1c(F)c(C)c(F)c(F)c1[N+](=O)[O-]. The molecule has 0 bridgehead atoms. The van der Waals surface area contributed by atoms with Gasteiger partial charge >= 0.3 is 11.7 Å². The lowest BCUT2D eigenvalue weighted by molar-refractivity contribution is -0.388. The second kappa shape index (κ2) is 12.7. The van der Waals surface area contributed by atoms with Gasteiger partial charge in [-0.1, -0.05) is 26.7 Å². The van der Waals surface area contributed by atoms with Gasteiger partial charge in [0.25, 0.3) is 0 Å². The molecule has 178 valence electrons. The predicted molar refractivity (Wildman–Crippen MR) is 114 cm³/mol. The van der Waals surface area contributed by atoms with Crippen LogP contribution in [0.5, 0.6) is 0 Å². The maximum atomic E-state index is 14.7. The highest BCUT2D eigenvalue weighted by molar-refractivity contribution is 6.15. The van der Waals surface area contributed by atoms with Crippen molar-refractivity contribution in [1.82, 2.24) is 5.01 Å². The molecule has 0 atom stereocenters. The number of benzene rings is 1. The molecule has 0 aliphatic carbocycles. The number of hydrazone groups is 1. The van der Waals surface area contributed by atoms with E-state index >= 15 is 0 Å². The van der Waals surface area contributed by atoms with Crippen LogP contribution >= 0.6 is 0 Å². The molecule has 0 fully saturated rings. The number of ether oxygens (including phenoxy) is 1. The molecule has 0 saturated carbocycles. The van der Waals surface area contributed by atoms with Crippen LogP contribution in [0.25, 0.3) is 5.76 Å². The quantitative estimate of drug-likeness (QED) is 0.0893. The van der Waals surface area contributed by atoms with Crippen LogP contribution in [0.2, 0.25) is 0 Å². The minimum Gasteiger partial charge on any atom is -0.506 e. The summed E-state index contributed by atoms with van der Waals surface area (Å²) in [5.41, 5.74) is -4.50. The second-order valence-electron chi connectivity index (χ2n) is 6.94. The Morgan fingerprint density at radius 1 is 1.12 bits per heavy atom. The minimum absolute atomic E-state index is 0.125. The fourth-order valence-electron chi connectivity index (χ4n) is 2.76. The summed E-state index contributed by atoms with van der Waals surface area (Å²) in [5.74, 6) is -7.72. The molecule has 1 aromatic rings. The summed E-state index contributed by atoms with van der Waals surface area (Å²) in [6.45, 7) is 7.22. The Bertz CT molecular complexity index is 895. The Labute approximate surface area is 184 Å². The molecule has 0 saturated heterocycles. The molecule has 0 amide bonds. The third-order valence-electron chi connectivity index (χ3n) is 4.57. The molecule has 11 heteroatoms. The van der Waals surface area contributed by atoms with Gasteiger partial charge in [0.05, 0.1) is 17.7 Å². The van der Waals surface area contributed by atoms with E-state index in [1.54, 1.807) is 5.01 Å². The molecule has 32 heavy (non-hydrogen) atoms. The molecule has 0 spiro atoms. The van der Waals surface area contributed by atoms with Gasteiger partial charge in [-0.3, -0.25) is 15.1 Å². The van der Waals surface area contributed by atoms with Gasteiger partial charge in [0, 0.05) is 18.7 Å². The third-order valence-corrected chi connectivity index (χ3v) is 4.57. The average molecular weight is 459 g/mol. The van der Waals surface area contributed by atoms with Crippen molar-refractivity contribution in [3.63, 3.8) is 0 Å². The number of hydrogen-bond acceptors (Lipinski definition) is 7. The van der Waals surface area contributed by atoms with E-state index < -0.39 is 56.5 Å². The van der Waals surface area contributed by atoms with Gasteiger partial charge in [0.1, 0.15) is 22.7 Å². The number of esters is 1. The third kappa shape index (κ3) is 6.44. The first-order valence-electron chi connectivity index (χ1n) is 10.3. The second-order valence-corrected chi connectivity index (χ2v) is 6.94. The maximum absolute atomic E-state index is 14.7. The number of rotatable bonds is 12. The van der Waals surface area contributed by atoms with E-state index in [1.165, 1.54) is 6.92 Å². The number of nitro benzene ring substituents is 1. The van der Waals surface area contributed by atoms with E-state index in [2.05, 4.69) is 5.10 Å². The normalized spacial score (nSPS) is 12.1. The number of nitro groups is 1. The lowest BCUT2D eigenvalue weighted by Gasteiger charge is -2.18. The van der Waals surface area contributed by atoms with Crippen molar-refractivity contribution >= 4 is 23.6 Å². The Hall–Kier alpha value is -3.11. The van der Waals surface area contributed by atoms with Crippen molar-refractivity contribution in [1.29, 1.82) is 0 Å². The minimum atomic E-state index is -1.96. The van der Waals surface area contributed by atoms with Crippen LogP contribution in [0, 0.1) is 34.5 Å². The summed E-state index contributed by atoms with van der Waals surface area (Å²) < 4.78 is 47.7. The van der Waals surface area contributed by atoms with Gasteiger partial charge in [0.2, 0.25) is 5.82 Å². The van der Waals surface area contributed by atoms with Crippen LogP contribution in [0.4, 0.5) is 18.9 Å². The molecule has 0 aliphatic heterocycles. The zero-order valence-electron chi connectivity index (χ0n) is 18.6. The van der Waals surface area contributed by atoms with Gasteiger partial charge in [-0.2, -0.15) is 9.49 Å². The van der Waals surface area contributed by atoms with E-state index in [0.717, 1.165) is 38.8 Å². The smallest absolute Gasteiger partial charge is 0.343 e. The summed E-state index contributed by atoms with van der Waals surface area (Å²) in [4.78, 5) is 22.4. The Kier molecular flexibility index (Phi) is 10.7. The van der Waals surface area contributed by atoms with Crippen LogP contribution in [-0.2, 0) is 9.53 Å². The number of aliphatic hydroxyl groups excluding tert-OH is 1. The van der Waals surface area contributed by atoms with Gasteiger partial charge in [-0.05, 0) is 26.7 Å². The molecule has 0 aliphatic rings. The topological polar surface area (TPSA) is 105 Å². The van der Waals surface area contributed by atoms with Gasteiger partial charge in [0.15, 0.2) is 5.82 Å². The molecule has 1 N–H and O–H groups in total. The van der Waals surface area contributed by atoms with E-state index in [0.29, 0.717) is 13.1 Å². The zero-order valence-corrected chi connectivity index (χ0v) is 18.6. The molecular weight excluding hydrogens is 431 g/mol. The number of hydrogen-bond donors (Lipinski definition) is 1. The molecule has 0 aromatic heterocycles. The first-order chi connectivity index (χ1) is 15.1. The first kappa shape index (κ1) is 26.9. The van der Waals surface area contributed by atoms with E-state index in [1.807, 2.05) is 13.8 Å². The highest BCUT2D eigenvalue weighted by Crippen LogP contribution is 2.35. The molecule has 1 aromatic carbocycles. The van der Waals surface area contributed by atoms with Crippen LogP contribution in [-0.4, -0.2) is 46.9 Å². The molecule has 8 nitrogen and oxygen atoms in total. The predicted octanol–water partition coefficient (Wildman–Crippen LogP) is 5.04. The average Bonchev–Trinajstić information content (AvgIpc) is 2.75. The zero-order chi connectivity index (χ0) is 24.4. The summed E-state index contributed by atoms with van der Waals surface area (Å²) in [6, 6.07) is 0. The monoisotopic (exact) mass is 459 g/mol. The summed E-state index contributed by atoms with van der Waals surface area (Å²) in [7, 11) is 0. The summed E-state index contributed by atoms with van der Waals surface area (Å²) >= 11 is 0. The molecule has 0 unspecified atom stereocenters. The molecule has 1 rings (SSSR count). The van der Waals surface area contributed by atoms with Crippen LogP contribution in [0.3, 0.4) is 0 Å². The van der Waals surface area contributed by atoms with Crippen LogP contribution in [0.1, 0.15) is 57.6 Å². The number of aliphatic hydroxyl groups is 1. The van der Waals surface area contributed by atoms with Crippen molar-refractivity contribution in [2.24, 2.45) is 5.10 Å². The largest absolute Gasteiger partial charge is 0.506 e. The molecule has 0 radical (unpaired) electrons. The lowest BCUT2D eigenvalue weighted by Crippen LogP contribution is -2.22. The van der Waals surface area contributed by atoms with Crippen molar-refractivity contribution in [2.75, 3.05) is 19.7 Å². The number of halogens is 3. The fraction of sp³-hybridized carbons (Fsp3) is 0.524. The number of carbonyl (C=O) groups is 1. The van der Waals surface area contributed by atoms with Crippen molar-refractivity contribution < 1.29 is 32.7 Å². The van der Waals surface area contributed by atoms with E-state index in [4.69, 9.17) is 4.74 Å². The number of carbonyl (C=O) groups excluding carboxylic acids is 1. The Morgan fingerprint density at radius 2 is 1.69 bits per heavy atom. The number of unbranched alkanes of at least 4 members (excludes halogenated alkanes) is 2. The van der Waals surface area contributed by atoms with Gasteiger partial charge < -0.3 is 9.84 Å². The van der Waals surface area contributed by atoms with Crippen LogP contribution < -0.4 is 0 Å². The van der Waals surface area contributed by atoms with Gasteiger partial charge in [-0.15, -0.1) is 0 Å². The van der Waals surface area contributed by atoms with Crippen molar-refractivity contribution in [3.8, 4) is 0 Å². The van der Waals surface area contributed by atoms with E-state index in [9.17, 15) is 33.2 Å².